The van der Waals surface area contributed by atoms with Crippen LogP contribution in [0.5, 0.6) is 5.75 Å². The monoisotopic (exact) mass is 509 g/mol. The molecule has 0 aliphatic carbocycles. The molecule has 0 saturated carbocycles. The summed E-state index contributed by atoms with van der Waals surface area (Å²) in [5, 5.41) is 15.3. The summed E-state index contributed by atoms with van der Waals surface area (Å²) < 4.78 is 31.4. The van der Waals surface area contributed by atoms with Crippen LogP contribution in [0, 0.1) is 23.1 Å². The van der Waals surface area contributed by atoms with Gasteiger partial charge < -0.3 is 19.5 Å². The van der Waals surface area contributed by atoms with Crippen molar-refractivity contribution in [2.75, 3.05) is 20.3 Å². The number of fused-ring (bicyclic) bond motifs is 1. The van der Waals surface area contributed by atoms with Crippen LogP contribution in [-0.4, -0.2) is 50.5 Å². The third kappa shape index (κ3) is 6.52. The summed E-state index contributed by atoms with van der Waals surface area (Å²) in [5.74, 6) is -0.656. The number of carbonyl (C=O) groups excluding carboxylic acids is 2. The summed E-state index contributed by atoms with van der Waals surface area (Å²) in [6, 6.07) is 11.5. The number of rotatable bonds is 7. The van der Waals surface area contributed by atoms with Gasteiger partial charge in [-0.15, -0.1) is 0 Å². The molecular weight excluding hydrogens is 477 g/mol. The molecule has 2 heterocycles. The first-order valence-corrected chi connectivity index (χ1v) is 12.6. The van der Waals surface area contributed by atoms with Gasteiger partial charge >= 0.3 is 5.97 Å². The maximum Gasteiger partial charge on any atom is 0.314 e. The molecule has 2 aromatic rings. The van der Waals surface area contributed by atoms with Crippen LogP contribution >= 0.6 is 0 Å². The molecule has 4 rings (SSSR count). The van der Waals surface area contributed by atoms with Gasteiger partial charge in [0.1, 0.15) is 29.9 Å². The van der Waals surface area contributed by atoms with Crippen molar-refractivity contribution < 1.29 is 28.2 Å². The van der Waals surface area contributed by atoms with Gasteiger partial charge in [0.25, 0.3) is 5.91 Å². The Kier molecular flexibility index (Phi) is 8.87. The molecule has 0 bridgehead atoms. The normalized spacial score (nSPS) is 22.5. The largest absolute Gasteiger partial charge is 0.426 e. The van der Waals surface area contributed by atoms with Gasteiger partial charge in [0.05, 0.1) is 18.6 Å². The molecule has 9 heteroatoms. The van der Waals surface area contributed by atoms with Crippen molar-refractivity contribution >= 4 is 11.9 Å². The molecule has 0 spiro atoms. The lowest BCUT2D eigenvalue weighted by molar-refractivity contribution is -0.138. The van der Waals surface area contributed by atoms with E-state index in [1.165, 1.54) is 6.07 Å². The van der Waals surface area contributed by atoms with Gasteiger partial charge in [0.2, 0.25) is 0 Å². The summed E-state index contributed by atoms with van der Waals surface area (Å²) in [6.07, 6.45) is 1.83. The van der Waals surface area contributed by atoms with E-state index in [1.54, 1.807) is 31.4 Å². The van der Waals surface area contributed by atoms with Crippen LogP contribution in [0.1, 0.15) is 37.3 Å². The summed E-state index contributed by atoms with van der Waals surface area (Å²) >= 11 is 0. The minimum atomic E-state index is -0.911. The zero-order valence-corrected chi connectivity index (χ0v) is 21.1. The van der Waals surface area contributed by atoms with E-state index in [9.17, 15) is 14.9 Å². The predicted molar refractivity (Wildman–Crippen MR) is 134 cm³/mol. The first kappa shape index (κ1) is 26.7. The maximum absolute atomic E-state index is 15.1. The Hall–Kier alpha value is -3.32. The van der Waals surface area contributed by atoms with E-state index >= 15 is 4.39 Å². The van der Waals surface area contributed by atoms with Crippen molar-refractivity contribution in [2.45, 2.75) is 57.4 Å². The van der Waals surface area contributed by atoms with Gasteiger partial charge in [-0.05, 0) is 59.7 Å². The molecule has 2 aliphatic rings. The number of carbonyl (C=O) groups is 2. The number of nitrogens with one attached hydrogen (secondary N) is 2. The highest BCUT2D eigenvalue weighted by atomic mass is 19.1. The fraction of sp³-hybridized carbons (Fsp3) is 0.464. The van der Waals surface area contributed by atoms with Crippen molar-refractivity contribution in [3.05, 3.63) is 53.3 Å². The van der Waals surface area contributed by atoms with E-state index in [0.29, 0.717) is 36.3 Å². The number of methoxy groups -OCH3 is 1. The molecule has 37 heavy (non-hydrogen) atoms. The summed E-state index contributed by atoms with van der Waals surface area (Å²) in [4.78, 5) is 24.9. The molecule has 2 aromatic carbocycles. The quantitative estimate of drug-likeness (QED) is 0.436. The van der Waals surface area contributed by atoms with E-state index in [-0.39, 0.29) is 31.1 Å². The lowest BCUT2D eigenvalue weighted by Crippen LogP contribution is -2.47. The van der Waals surface area contributed by atoms with E-state index in [0.717, 1.165) is 24.0 Å². The van der Waals surface area contributed by atoms with Gasteiger partial charge in [-0.2, -0.15) is 5.26 Å². The molecule has 1 fully saturated rings. The van der Waals surface area contributed by atoms with Crippen LogP contribution in [0.15, 0.2) is 36.4 Å². The number of nitrogens with zero attached hydrogens (tertiary/aromatic N) is 1. The Morgan fingerprint density at radius 2 is 2.05 bits per heavy atom. The standard InChI is InChI=1S/C28H32FN3O5/c1-3-17-4-7-21-12-18(8-9-24(21)37-28(17)34)19-5-6-20(23(29)14-19)13-22(15-30)32-27(33)25-16-31-26(35-2)10-11-36-25/h5-6,8-9,12,14,17,22,25-26,31H,3-4,7,10-11,13,16H2,1-2H3,(H,32,33)/t17?,22-,25-,26?/m0/s1. The van der Waals surface area contributed by atoms with Gasteiger partial charge in [0.15, 0.2) is 0 Å². The Morgan fingerprint density at radius 1 is 1.27 bits per heavy atom. The predicted octanol–water partition coefficient (Wildman–Crippen LogP) is 3.27. The molecule has 1 saturated heterocycles. The third-order valence-corrected chi connectivity index (χ3v) is 6.95. The van der Waals surface area contributed by atoms with E-state index < -0.39 is 23.9 Å². The number of nitriles is 1. The average Bonchev–Trinajstić information content (AvgIpc) is 3.24. The van der Waals surface area contributed by atoms with Gasteiger partial charge in [-0.25, -0.2) is 4.39 Å². The van der Waals surface area contributed by atoms with Crippen LogP contribution in [0.4, 0.5) is 4.39 Å². The number of hydrogen-bond acceptors (Lipinski definition) is 7. The van der Waals surface area contributed by atoms with Crippen molar-refractivity contribution in [1.29, 1.82) is 5.26 Å². The molecule has 4 atom stereocenters. The summed E-state index contributed by atoms with van der Waals surface area (Å²) in [7, 11) is 1.58. The van der Waals surface area contributed by atoms with Crippen LogP contribution in [0.2, 0.25) is 0 Å². The van der Waals surface area contributed by atoms with Crippen LogP contribution in [-0.2, 0) is 31.9 Å². The third-order valence-electron chi connectivity index (χ3n) is 6.95. The number of benzene rings is 2. The van der Waals surface area contributed by atoms with Crippen molar-refractivity contribution in [1.82, 2.24) is 10.6 Å². The molecule has 1 amide bonds. The Bertz CT molecular complexity index is 1180. The van der Waals surface area contributed by atoms with Crippen LogP contribution < -0.4 is 15.4 Å². The highest BCUT2D eigenvalue weighted by molar-refractivity contribution is 5.81. The van der Waals surface area contributed by atoms with Crippen molar-refractivity contribution in [3.63, 3.8) is 0 Å². The fourth-order valence-electron chi connectivity index (χ4n) is 4.66. The molecule has 2 N–H and O–H groups in total. The Morgan fingerprint density at radius 3 is 2.78 bits per heavy atom. The topological polar surface area (TPSA) is 110 Å². The lowest BCUT2D eigenvalue weighted by Gasteiger charge is -2.18. The maximum atomic E-state index is 15.1. The van der Waals surface area contributed by atoms with Crippen LogP contribution in [0.3, 0.4) is 0 Å². The average molecular weight is 510 g/mol. The number of amides is 1. The Labute approximate surface area is 216 Å². The summed E-state index contributed by atoms with van der Waals surface area (Å²) in [5.41, 5.74) is 2.73. The van der Waals surface area contributed by atoms with Gasteiger partial charge in [-0.1, -0.05) is 25.1 Å². The second kappa shape index (κ2) is 12.3. The fourth-order valence-corrected chi connectivity index (χ4v) is 4.66. The first-order chi connectivity index (χ1) is 17.9. The van der Waals surface area contributed by atoms with E-state index in [4.69, 9.17) is 14.2 Å². The Balaban J connectivity index is 1.42. The van der Waals surface area contributed by atoms with Crippen LogP contribution in [0.25, 0.3) is 11.1 Å². The highest BCUT2D eigenvalue weighted by Gasteiger charge is 2.27. The minimum Gasteiger partial charge on any atom is -0.426 e. The highest BCUT2D eigenvalue weighted by Crippen LogP contribution is 2.32. The van der Waals surface area contributed by atoms with Gasteiger partial charge in [0, 0.05) is 26.5 Å². The zero-order chi connectivity index (χ0) is 26.4. The molecule has 196 valence electrons. The van der Waals surface area contributed by atoms with Gasteiger partial charge in [-0.3, -0.25) is 14.9 Å². The molecular formula is C28H32FN3O5. The molecule has 2 unspecified atom stereocenters. The smallest absolute Gasteiger partial charge is 0.314 e. The molecule has 8 nitrogen and oxygen atoms in total. The van der Waals surface area contributed by atoms with E-state index in [1.807, 2.05) is 19.1 Å². The second-order valence-electron chi connectivity index (χ2n) is 9.37. The zero-order valence-electron chi connectivity index (χ0n) is 21.1. The number of esters is 1. The molecule has 0 aromatic heterocycles. The SMILES string of the molecule is CCC1CCc2cc(-c3ccc(C[C@@H](C#N)NC(=O)[C@@H]4CNC(OC)CCO4)c(F)c3)ccc2OC1=O. The molecule has 0 radical (unpaired) electrons. The van der Waals surface area contributed by atoms with E-state index in [2.05, 4.69) is 10.6 Å². The van der Waals surface area contributed by atoms with Crippen molar-refractivity contribution in [3.8, 4) is 22.9 Å². The summed E-state index contributed by atoms with van der Waals surface area (Å²) in [6.45, 7) is 2.57. The van der Waals surface area contributed by atoms with Crippen molar-refractivity contribution in [2.24, 2.45) is 5.92 Å². The number of hydrogen-bond donors (Lipinski definition) is 2. The lowest BCUT2D eigenvalue weighted by atomic mass is 9.95. The second-order valence-corrected chi connectivity index (χ2v) is 9.37. The number of halogens is 1. The molecule has 2 aliphatic heterocycles. The number of aryl methyl sites for hydroxylation is 1. The number of ether oxygens (including phenoxy) is 3. The minimum absolute atomic E-state index is 0.0216. The first-order valence-electron chi connectivity index (χ1n) is 12.6.